The highest BCUT2D eigenvalue weighted by Crippen LogP contribution is 2.34. The van der Waals surface area contributed by atoms with E-state index >= 15 is 0 Å². The Bertz CT molecular complexity index is 368. The zero-order valence-electron chi connectivity index (χ0n) is 7.56. The van der Waals surface area contributed by atoms with Gasteiger partial charge in [-0.05, 0) is 5.76 Å². The molecule has 0 spiro atoms. The van der Waals surface area contributed by atoms with Crippen LogP contribution in [0.25, 0.3) is 0 Å². The van der Waals surface area contributed by atoms with Crippen LogP contribution in [0.1, 0.15) is 0 Å². The predicted octanol–water partition coefficient (Wildman–Crippen LogP) is -4.32. The van der Waals surface area contributed by atoms with Crippen molar-refractivity contribution in [1.29, 1.82) is 0 Å². The fourth-order valence-electron chi connectivity index (χ4n) is 0.995. The van der Waals surface area contributed by atoms with Crippen LogP contribution in [0.4, 0.5) is 0 Å². The minimum absolute atomic E-state index is 0.886. The Morgan fingerprint density at radius 2 is 2.12 bits per heavy atom. The molecule has 2 unspecified atom stereocenters. The van der Waals surface area contributed by atoms with Crippen LogP contribution in [0.5, 0.6) is 0 Å². The number of carbonyl (C=O) groups is 1. The SMILES string of the molecule is O=C1OC(C(O)CO)C([O-])=C1OP(=O)([O-])[O-]. The van der Waals surface area contributed by atoms with Crippen LogP contribution in [0, 0.1) is 0 Å². The summed E-state index contributed by atoms with van der Waals surface area (Å²) in [5, 5.41) is 28.7. The van der Waals surface area contributed by atoms with Gasteiger partial charge in [-0.15, -0.1) is 0 Å². The average Bonchev–Trinajstić information content (AvgIpc) is 2.42. The Kier molecular flexibility index (Phi) is 3.56. The molecule has 2 atom stereocenters. The normalized spacial score (nSPS) is 23.2. The Labute approximate surface area is 88.8 Å². The van der Waals surface area contributed by atoms with E-state index in [0.717, 1.165) is 0 Å². The number of aliphatic hydroxyl groups is 2. The van der Waals surface area contributed by atoms with Crippen molar-refractivity contribution in [2.45, 2.75) is 12.2 Å². The van der Waals surface area contributed by atoms with Crippen LogP contribution < -0.4 is 14.9 Å². The second-order valence-electron chi connectivity index (χ2n) is 2.81. The van der Waals surface area contributed by atoms with Crippen molar-refractivity contribution in [3.8, 4) is 0 Å². The van der Waals surface area contributed by atoms with Crippen molar-refractivity contribution >= 4 is 13.8 Å². The van der Waals surface area contributed by atoms with E-state index in [1.165, 1.54) is 0 Å². The molecule has 9 nitrogen and oxygen atoms in total. The summed E-state index contributed by atoms with van der Waals surface area (Å²) in [6, 6.07) is 0. The highest BCUT2D eigenvalue weighted by Gasteiger charge is 2.35. The Morgan fingerprint density at radius 1 is 1.56 bits per heavy atom. The molecule has 0 fully saturated rings. The molecular formula is C6H6O9P-3. The number of hydrogen-bond acceptors (Lipinski definition) is 9. The highest BCUT2D eigenvalue weighted by molar-refractivity contribution is 7.43. The maximum absolute atomic E-state index is 11.2. The van der Waals surface area contributed by atoms with E-state index < -0.39 is 44.1 Å². The summed E-state index contributed by atoms with van der Waals surface area (Å²) >= 11 is 0. The van der Waals surface area contributed by atoms with Gasteiger partial charge in [0, 0.05) is 0 Å². The van der Waals surface area contributed by atoms with E-state index in [1.54, 1.807) is 0 Å². The Morgan fingerprint density at radius 3 is 2.56 bits per heavy atom. The van der Waals surface area contributed by atoms with Crippen LogP contribution in [-0.2, 0) is 18.6 Å². The van der Waals surface area contributed by atoms with Gasteiger partial charge in [-0.1, -0.05) is 0 Å². The molecule has 0 aromatic carbocycles. The first-order valence-corrected chi connectivity index (χ1v) is 5.35. The zero-order chi connectivity index (χ0) is 12.5. The molecule has 2 N–H and O–H groups in total. The molecule has 0 aromatic heterocycles. The van der Waals surface area contributed by atoms with Crippen molar-refractivity contribution in [2.24, 2.45) is 0 Å². The summed E-state index contributed by atoms with van der Waals surface area (Å²) in [6.45, 7) is -0.886. The van der Waals surface area contributed by atoms with Gasteiger partial charge in [0.25, 0.3) is 0 Å². The number of hydrogen-bond donors (Lipinski definition) is 2. The number of ether oxygens (including phenoxy) is 1. The summed E-state index contributed by atoms with van der Waals surface area (Å²) in [5.74, 6) is -4.10. The largest absolute Gasteiger partial charge is 0.870 e. The number of aliphatic hydroxyl groups excluding tert-OH is 2. The molecule has 0 aliphatic carbocycles. The maximum atomic E-state index is 11.2. The molecule has 0 aromatic rings. The van der Waals surface area contributed by atoms with Crippen LogP contribution in [-0.4, -0.2) is 35.0 Å². The zero-order valence-corrected chi connectivity index (χ0v) is 8.46. The molecule has 92 valence electrons. The van der Waals surface area contributed by atoms with E-state index in [2.05, 4.69) is 9.26 Å². The van der Waals surface area contributed by atoms with Gasteiger partial charge in [0.2, 0.25) is 5.76 Å². The van der Waals surface area contributed by atoms with Gasteiger partial charge in [0.05, 0.1) is 6.61 Å². The third kappa shape index (κ3) is 2.71. The molecule has 1 rings (SSSR count). The van der Waals surface area contributed by atoms with Gasteiger partial charge >= 0.3 is 5.97 Å². The molecule has 16 heavy (non-hydrogen) atoms. The first-order chi connectivity index (χ1) is 7.26. The number of phosphoric ester groups is 1. The van der Waals surface area contributed by atoms with E-state index in [4.69, 9.17) is 10.2 Å². The third-order valence-electron chi connectivity index (χ3n) is 1.64. The smallest absolute Gasteiger partial charge is 0.373 e. The summed E-state index contributed by atoms with van der Waals surface area (Å²) in [7, 11) is -5.56. The molecule has 1 heterocycles. The standard InChI is InChI=1S/C6H9O9P/c7-1-2(8)4-3(9)5(6(10)14-4)15-16(11,12)13/h2,4,7-9H,1H2,(H2,11,12,13)/p-3. The number of cyclic esters (lactones) is 1. The van der Waals surface area contributed by atoms with Gasteiger partial charge < -0.3 is 38.9 Å². The highest BCUT2D eigenvalue weighted by atomic mass is 31.2. The number of phosphoric acid groups is 1. The first kappa shape index (κ1) is 12.9. The molecular weight excluding hydrogens is 247 g/mol. The molecule has 0 amide bonds. The lowest BCUT2D eigenvalue weighted by molar-refractivity contribution is -0.343. The number of rotatable bonds is 4. The monoisotopic (exact) mass is 253 g/mol. The molecule has 1 aliphatic rings. The molecule has 0 saturated heterocycles. The fourth-order valence-corrected chi connectivity index (χ4v) is 1.38. The van der Waals surface area contributed by atoms with Crippen LogP contribution in [0.15, 0.2) is 11.5 Å². The van der Waals surface area contributed by atoms with Crippen molar-refractivity contribution in [3.05, 3.63) is 11.5 Å². The molecule has 10 heteroatoms. The second kappa shape index (κ2) is 4.40. The van der Waals surface area contributed by atoms with Gasteiger partial charge in [0.15, 0.2) is 0 Å². The minimum atomic E-state index is -5.56. The van der Waals surface area contributed by atoms with Crippen molar-refractivity contribution in [2.75, 3.05) is 6.61 Å². The number of carbonyl (C=O) groups excluding carboxylic acids is 1. The Hall–Kier alpha value is -1.12. The maximum Gasteiger partial charge on any atom is 0.373 e. The summed E-state index contributed by atoms with van der Waals surface area (Å²) in [5.41, 5.74) is 0. The van der Waals surface area contributed by atoms with Crippen molar-refractivity contribution < 1.29 is 43.7 Å². The van der Waals surface area contributed by atoms with E-state index in [1.807, 2.05) is 0 Å². The van der Waals surface area contributed by atoms with Crippen LogP contribution >= 0.6 is 7.82 Å². The lowest BCUT2D eigenvalue weighted by Gasteiger charge is -2.29. The Balaban J connectivity index is 2.94. The third-order valence-corrected chi connectivity index (χ3v) is 2.05. The predicted molar refractivity (Wildman–Crippen MR) is 38.7 cm³/mol. The van der Waals surface area contributed by atoms with Crippen LogP contribution in [0.3, 0.4) is 0 Å². The van der Waals surface area contributed by atoms with Gasteiger partial charge in [-0.2, -0.15) is 0 Å². The molecule has 0 bridgehead atoms. The van der Waals surface area contributed by atoms with E-state index in [0.29, 0.717) is 0 Å². The van der Waals surface area contributed by atoms with Crippen molar-refractivity contribution in [3.63, 3.8) is 0 Å². The molecule has 1 aliphatic heterocycles. The second-order valence-corrected chi connectivity index (χ2v) is 3.88. The van der Waals surface area contributed by atoms with Gasteiger partial charge in [-0.25, -0.2) is 4.79 Å². The summed E-state index contributed by atoms with van der Waals surface area (Å²) in [6.07, 6.45) is -3.48. The minimum Gasteiger partial charge on any atom is -0.870 e. The summed E-state index contributed by atoms with van der Waals surface area (Å²) in [4.78, 5) is 31.3. The number of esters is 1. The van der Waals surface area contributed by atoms with Crippen LogP contribution in [0.2, 0.25) is 0 Å². The van der Waals surface area contributed by atoms with E-state index in [-0.39, 0.29) is 0 Å². The topological polar surface area (TPSA) is 162 Å². The quantitative estimate of drug-likeness (QED) is 0.372. The molecule has 0 saturated carbocycles. The van der Waals surface area contributed by atoms with Gasteiger partial charge in [0.1, 0.15) is 20.0 Å². The lowest BCUT2D eigenvalue weighted by atomic mass is 10.2. The van der Waals surface area contributed by atoms with Gasteiger partial charge in [-0.3, -0.25) is 0 Å². The fraction of sp³-hybridized carbons (Fsp3) is 0.500. The lowest BCUT2D eigenvalue weighted by Crippen LogP contribution is -2.35. The van der Waals surface area contributed by atoms with Crippen molar-refractivity contribution in [1.82, 2.24) is 0 Å². The van der Waals surface area contributed by atoms with E-state index in [9.17, 15) is 24.3 Å². The molecule has 0 radical (unpaired) electrons. The summed E-state index contributed by atoms with van der Waals surface area (Å²) < 4.78 is 18.0. The first-order valence-electron chi connectivity index (χ1n) is 3.89. The average molecular weight is 253 g/mol.